The minimum absolute atomic E-state index is 0.354. The zero-order valence-electron chi connectivity index (χ0n) is 30.7. The van der Waals surface area contributed by atoms with Gasteiger partial charge in [0.2, 0.25) is 10.7 Å². The lowest BCUT2D eigenvalue weighted by atomic mass is 9.86. The Labute approximate surface area is 309 Å². The predicted molar refractivity (Wildman–Crippen MR) is 216 cm³/mol. The van der Waals surface area contributed by atoms with Crippen LogP contribution in [0.3, 0.4) is 0 Å². The number of pyridine rings is 4. The van der Waals surface area contributed by atoms with Crippen molar-refractivity contribution in [2.45, 2.75) is 78.3 Å². The maximum absolute atomic E-state index is 14.2. The van der Waals surface area contributed by atoms with Crippen molar-refractivity contribution in [2.24, 2.45) is 0 Å². The minimum atomic E-state index is -0.354. The topological polar surface area (TPSA) is 89.9 Å². The first kappa shape index (κ1) is 33.8. The van der Waals surface area contributed by atoms with Crippen molar-refractivity contribution in [3.63, 3.8) is 0 Å². The summed E-state index contributed by atoms with van der Waals surface area (Å²) in [7, 11) is 0. The summed E-state index contributed by atoms with van der Waals surface area (Å²) in [6.45, 7) is 6.17. The van der Waals surface area contributed by atoms with Gasteiger partial charge in [0.25, 0.3) is 0 Å². The fourth-order valence-electron chi connectivity index (χ4n) is 8.67. The van der Waals surface area contributed by atoms with Crippen LogP contribution in [0.4, 0.5) is 0 Å². The summed E-state index contributed by atoms with van der Waals surface area (Å²) in [4.78, 5) is 56.7. The lowest BCUT2D eigenvalue weighted by molar-refractivity contribution is -0.539. The van der Waals surface area contributed by atoms with Crippen molar-refractivity contribution in [2.75, 3.05) is 0 Å². The van der Waals surface area contributed by atoms with E-state index in [1.807, 2.05) is 97.6 Å². The molecule has 54 heavy (non-hydrogen) atoms. The number of nitrogens with zero attached hydrogens (tertiary/aromatic N) is 4. The van der Waals surface area contributed by atoms with Gasteiger partial charge >= 0.3 is 22.2 Å². The van der Waals surface area contributed by atoms with Gasteiger partial charge in [0.1, 0.15) is 21.5 Å². The molecular weight excluding hydrogens is 673 g/mol. The first-order chi connectivity index (χ1) is 26.4. The molecule has 0 aliphatic heterocycles. The van der Waals surface area contributed by atoms with E-state index in [-0.39, 0.29) is 22.2 Å². The van der Waals surface area contributed by atoms with Crippen LogP contribution in [0.1, 0.15) is 65.2 Å². The van der Waals surface area contributed by atoms with Crippen LogP contribution in [0.25, 0.3) is 64.6 Å². The highest BCUT2D eigenvalue weighted by Gasteiger charge is 2.26. The molecule has 0 spiro atoms. The van der Waals surface area contributed by atoms with Crippen LogP contribution < -0.4 is 30.7 Å². The van der Waals surface area contributed by atoms with Crippen LogP contribution in [-0.4, -0.2) is 9.13 Å². The molecule has 8 heteroatoms. The van der Waals surface area contributed by atoms with Gasteiger partial charge in [-0.05, 0) is 69.4 Å². The molecule has 9 rings (SSSR count). The maximum Gasteiger partial charge on any atom is 0.429 e. The number of benzene rings is 5. The molecule has 5 aromatic carbocycles. The summed E-state index contributed by atoms with van der Waals surface area (Å²) in [6, 6.07) is 22.4. The Bertz CT molecular complexity index is 2940. The van der Waals surface area contributed by atoms with Gasteiger partial charge in [0.05, 0.1) is 0 Å². The number of fused-ring (bicyclic) bond motifs is 2. The molecule has 0 unspecified atom stereocenters. The summed E-state index contributed by atoms with van der Waals surface area (Å²) in [5, 5.41) is 9.41. The molecule has 0 N–H and O–H groups in total. The molecule has 8 nitrogen and oxygen atoms in total. The summed E-state index contributed by atoms with van der Waals surface area (Å²) < 4.78 is 6.75. The van der Waals surface area contributed by atoms with E-state index in [2.05, 4.69) is 23.0 Å². The smallest absolute Gasteiger partial charge is 0.354 e. The molecular formula is C46H42N4O4+2. The van der Waals surface area contributed by atoms with Crippen molar-refractivity contribution in [3.05, 3.63) is 150 Å². The first-order valence-corrected chi connectivity index (χ1v) is 19.4. The summed E-state index contributed by atoms with van der Waals surface area (Å²) in [5.74, 6) is 0. The highest BCUT2D eigenvalue weighted by atomic mass is 16.2. The second-order valence-electron chi connectivity index (χ2n) is 14.7. The van der Waals surface area contributed by atoms with Gasteiger partial charge in [-0.25, -0.2) is 19.2 Å². The molecule has 4 heterocycles. The molecule has 9 aromatic rings. The Kier molecular flexibility index (Phi) is 8.41. The number of unbranched alkanes of at least 4 members (excludes halogenated alkanes) is 6. The quantitative estimate of drug-likeness (QED) is 0.0644. The molecule has 4 aromatic heterocycles. The molecule has 0 amide bonds. The van der Waals surface area contributed by atoms with Crippen molar-refractivity contribution in [1.82, 2.24) is 9.13 Å². The average Bonchev–Trinajstić information content (AvgIpc) is 3.20. The third-order valence-electron chi connectivity index (χ3n) is 11.4. The lowest BCUT2D eigenvalue weighted by Gasteiger charge is -2.15. The van der Waals surface area contributed by atoms with Gasteiger partial charge in [-0.3, -0.25) is 0 Å². The Balaban J connectivity index is 1.26. The van der Waals surface area contributed by atoms with Crippen molar-refractivity contribution in [1.29, 1.82) is 0 Å². The largest absolute Gasteiger partial charge is 0.429 e. The third kappa shape index (κ3) is 5.18. The van der Waals surface area contributed by atoms with E-state index in [0.717, 1.165) is 58.2 Å². The van der Waals surface area contributed by atoms with E-state index >= 15 is 0 Å². The molecule has 0 aliphatic carbocycles. The Morgan fingerprint density at radius 2 is 0.648 bits per heavy atom. The van der Waals surface area contributed by atoms with Crippen molar-refractivity contribution < 1.29 is 8.49 Å². The summed E-state index contributed by atoms with van der Waals surface area (Å²) in [5.41, 5.74) is -1.42. The normalized spacial score (nSPS) is 12.2. The molecule has 0 bridgehead atoms. The van der Waals surface area contributed by atoms with Gasteiger partial charge in [-0.15, -0.1) is 0 Å². The number of rotatable bonds is 10. The van der Waals surface area contributed by atoms with E-state index < -0.39 is 0 Å². The fraction of sp³-hybridized carbons (Fsp3) is 0.261. The molecule has 0 radical (unpaired) electrons. The van der Waals surface area contributed by atoms with Crippen LogP contribution in [-0.2, 0) is 13.1 Å². The zero-order chi connectivity index (χ0) is 37.1. The molecule has 0 aliphatic rings. The number of hydrogen-bond donors (Lipinski definition) is 0. The highest BCUT2D eigenvalue weighted by Crippen LogP contribution is 2.43. The molecule has 0 saturated carbocycles. The lowest BCUT2D eigenvalue weighted by Crippen LogP contribution is -2.51. The number of aromatic nitrogens is 4. The average molecular weight is 715 g/mol. The minimum Gasteiger partial charge on any atom is -0.354 e. The van der Waals surface area contributed by atoms with Crippen LogP contribution in [0.15, 0.2) is 117 Å². The van der Waals surface area contributed by atoms with E-state index in [9.17, 15) is 19.2 Å². The van der Waals surface area contributed by atoms with E-state index in [0.29, 0.717) is 43.0 Å². The van der Waals surface area contributed by atoms with Gasteiger partial charge in [0, 0.05) is 72.9 Å². The third-order valence-corrected chi connectivity index (χ3v) is 11.4. The maximum atomic E-state index is 14.2. The van der Waals surface area contributed by atoms with Crippen molar-refractivity contribution >= 4 is 64.6 Å². The number of hydrogen-bond acceptors (Lipinski definition) is 4. The summed E-state index contributed by atoms with van der Waals surface area (Å²) in [6.07, 6.45) is 17.0. The first-order valence-electron chi connectivity index (χ1n) is 19.4. The van der Waals surface area contributed by atoms with Crippen LogP contribution >= 0.6 is 0 Å². The second kappa shape index (κ2) is 13.4. The molecule has 268 valence electrons. The van der Waals surface area contributed by atoms with E-state index in [1.54, 1.807) is 0 Å². The molecule has 0 fully saturated rings. The molecule has 0 atom stereocenters. The standard InChI is InChI=1S/C46H42N4O4/c1-3-5-7-9-23-47-25-19-29(20-26-47)49-43(51)35-15-11-31-33-13-17-37-42-38(18-14-34(40(33)42)32-12-16-36(44(49)52)41(35)39(31)32)46(54)50(45(37)53)30-21-27-48(28-22-30)24-10-8-6-4-2/h11-22,25-28H,3-10,23-24H2,1-2H3/q+2. The monoisotopic (exact) mass is 714 g/mol. The molecule has 0 saturated heterocycles. The Hall–Kier alpha value is -6.02. The second-order valence-corrected chi connectivity index (χ2v) is 14.7. The fourth-order valence-corrected chi connectivity index (χ4v) is 8.67. The van der Waals surface area contributed by atoms with Crippen molar-refractivity contribution in [3.8, 4) is 0 Å². The van der Waals surface area contributed by atoms with Gasteiger partial charge < -0.3 is 9.13 Å². The number of aryl methyl sites for hydroxylation is 2. The Morgan fingerprint density at radius 1 is 0.370 bits per heavy atom. The van der Waals surface area contributed by atoms with Crippen LogP contribution in [0.2, 0.25) is 0 Å². The highest BCUT2D eigenvalue weighted by molar-refractivity contribution is 6.39. The Morgan fingerprint density at radius 3 is 0.944 bits per heavy atom. The van der Waals surface area contributed by atoms with Gasteiger partial charge in [-0.2, -0.15) is 0 Å². The zero-order valence-corrected chi connectivity index (χ0v) is 30.7. The van der Waals surface area contributed by atoms with Gasteiger partial charge in [-0.1, -0.05) is 85.1 Å². The van der Waals surface area contributed by atoms with Crippen LogP contribution in [0.5, 0.6) is 0 Å². The SMILES string of the molecule is CCCCCCn1ccc(=[n+]2c(=O)c3ccc4c5ccc6c(=O)[n+](=c7ccn(CCCCCC)cc7)c(=O)c7ccc(c8ccc(c2=O)c3c48)c5c67)cc1. The van der Waals surface area contributed by atoms with Gasteiger partial charge in [0.15, 0.2) is 0 Å². The van der Waals surface area contributed by atoms with E-state index in [1.165, 1.54) is 47.0 Å². The summed E-state index contributed by atoms with van der Waals surface area (Å²) >= 11 is 0. The predicted octanol–water partition coefficient (Wildman–Crippen LogP) is 7.30. The van der Waals surface area contributed by atoms with Crippen LogP contribution in [0, 0.1) is 10.7 Å². The van der Waals surface area contributed by atoms with E-state index in [4.69, 9.17) is 0 Å².